The molecule has 1 amide bonds. The van der Waals surface area contributed by atoms with Crippen LogP contribution in [-0.4, -0.2) is 18.1 Å². The first-order valence-corrected chi connectivity index (χ1v) is 7.72. The minimum Gasteiger partial charge on any atom is -0.495 e. The van der Waals surface area contributed by atoms with Crippen LogP contribution in [0.15, 0.2) is 36.4 Å². The van der Waals surface area contributed by atoms with Gasteiger partial charge in [-0.05, 0) is 67.5 Å². The van der Waals surface area contributed by atoms with E-state index >= 15 is 0 Å². The number of nitrogens with one attached hydrogen (secondary N) is 2. The van der Waals surface area contributed by atoms with E-state index in [-0.39, 0.29) is 11.0 Å². The molecule has 0 fully saturated rings. The Labute approximate surface area is 145 Å². The highest BCUT2D eigenvalue weighted by Crippen LogP contribution is 2.27. The van der Waals surface area contributed by atoms with E-state index in [2.05, 4.69) is 10.6 Å². The van der Waals surface area contributed by atoms with E-state index in [9.17, 15) is 4.79 Å². The summed E-state index contributed by atoms with van der Waals surface area (Å²) < 4.78 is 5.09. The number of methoxy groups -OCH3 is 1. The Morgan fingerprint density at radius 1 is 1.13 bits per heavy atom. The summed E-state index contributed by atoms with van der Waals surface area (Å²) in [7, 11) is 1.54. The van der Waals surface area contributed by atoms with Crippen LogP contribution in [0.25, 0.3) is 0 Å². The summed E-state index contributed by atoms with van der Waals surface area (Å²) >= 11 is 11.2. The number of ether oxygens (including phenoxy) is 1. The first kappa shape index (κ1) is 17.2. The van der Waals surface area contributed by atoms with Crippen molar-refractivity contribution in [3.8, 4) is 5.75 Å². The van der Waals surface area contributed by atoms with E-state index in [4.69, 9.17) is 28.6 Å². The second-order valence-corrected chi connectivity index (χ2v) is 5.87. The second kappa shape index (κ2) is 7.44. The number of aryl methyl sites for hydroxylation is 2. The highest BCUT2D eigenvalue weighted by molar-refractivity contribution is 7.80. The molecule has 0 saturated heterocycles. The number of carbonyl (C=O) groups is 1. The van der Waals surface area contributed by atoms with Gasteiger partial charge in [0, 0.05) is 11.3 Å². The molecular formula is C17H17ClN2O2S. The number of halogens is 1. The molecule has 2 rings (SSSR count). The van der Waals surface area contributed by atoms with Gasteiger partial charge in [-0.15, -0.1) is 0 Å². The zero-order chi connectivity index (χ0) is 17.0. The van der Waals surface area contributed by atoms with Gasteiger partial charge in [0.2, 0.25) is 0 Å². The first-order valence-electron chi connectivity index (χ1n) is 6.94. The van der Waals surface area contributed by atoms with E-state index in [1.165, 1.54) is 0 Å². The van der Waals surface area contributed by atoms with Crippen molar-refractivity contribution in [3.63, 3.8) is 0 Å². The van der Waals surface area contributed by atoms with Crippen molar-refractivity contribution >= 4 is 40.5 Å². The summed E-state index contributed by atoms with van der Waals surface area (Å²) in [5, 5.41) is 6.23. The van der Waals surface area contributed by atoms with Gasteiger partial charge in [-0.2, -0.15) is 0 Å². The summed E-state index contributed by atoms with van der Waals surface area (Å²) in [4.78, 5) is 12.2. The van der Waals surface area contributed by atoms with Crippen LogP contribution in [-0.2, 0) is 0 Å². The maximum atomic E-state index is 12.2. The molecule has 0 heterocycles. The number of rotatable bonds is 3. The quantitative estimate of drug-likeness (QED) is 0.820. The van der Waals surface area contributed by atoms with Crippen LogP contribution in [0.3, 0.4) is 0 Å². The van der Waals surface area contributed by atoms with Crippen molar-refractivity contribution in [1.82, 2.24) is 5.32 Å². The molecule has 6 heteroatoms. The minimum atomic E-state index is -0.259. The van der Waals surface area contributed by atoms with E-state index < -0.39 is 0 Å². The van der Waals surface area contributed by atoms with Gasteiger partial charge >= 0.3 is 0 Å². The van der Waals surface area contributed by atoms with Crippen LogP contribution in [0.4, 0.5) is 5.69 Å². The highest BCUT2D eigenvalue weighted by atomic mass is 35.5. The van der Waals surface area contributed by atoms with Gasteiger partial charge in [0.05, 0.1) is 12.1 Å². The zero-order valence-electron chi connectivity index (χ0n) is 13.1. The average molecular weight is 349 g/mol. The predicted octanol–water partition coefficient (Wildman–Crippen LogP) is 4.09. The summed E-state index contributed by atoms with van der Waals surface area (Å²) in [6.45, 7) is 3.96. The van der Waals surface area contributed by atoms with Crippen molar-refractivity contribution in [3.05, 3.63) is 58.1 Å². The SMILES string of the molecule is COc1ccc(NC(=S)NC(=O)c2ccc(C)c(C)c2)cc1Cl. The van der Waals surface area contributed by atoms with E-state index in [0.717, 1.165) is 11.1 Å². The maximum absolute atomic E-state index is 12.2. The predicted molar refractivity (Wildman–Crippen MR) is 97.6 cm³/mol. The van der Waals surface area contributed by atoms with Gasteiger partial charge in [0.1, 0.15) is 5.75 Å². The van der Waals surface area contributed by atoms with Crippen molar-refractivity contribution in [2.45, 2.75) is 13.8 Å². The molecule has 2 N–H and O–H groups in total. The second-order valence-electron chi connectivity index (χ2n) is 5.06. The Morgan fingerprint density at radius 2 is 1.87 bits per heavy atom. The first-order chi connectivity index (χ1) is 10.9. The molecule has 0 aliphatic rings. The molecule has 0 aliphatic heterocycles. The fourth-order valence-corrected chi connectivity index (χ4v) is 2.43. The molecular weight excluding hydrogens is 332 g/mol. The summed E-state index contributed by atoms with van der Waals surface area (Å²) in [6, 6.07) is 10.7. The number of anilines is 1. The molecule has 0 spiro atoms. The van der Waals surface area contributed by atoms with Gasteiger partial charge in [-0.3, -0.25) is 10.1 Å². The molecule has 0 saturated carbocycles. The van der Waals surface area contributed by atoms with Crippen LogP contribution in [0, 0.1) is 13.8 Å². The number of hydrogen-bond acceptors (Lipinski definition) is 3. The van der Waals surface area contributed by atoms with Crippen molar-refractivity contribution in [1.29, 1.82) is 0 Å². The third kappa shape index (κ3) is 4.43. The Hall–Kier alpha value is -2.11. The van der Waals surface area contributed by atoms with Crippen molar-refractivity contribution in [2.75, 3.05) is 12.4 Å². The average Bonchev–Trinajstić information content (AvgIpc) is 2.50. The molecule has 0 aliphatic carbocycles. The van der Waals surface area contributed by atoms with Gasteiger partial charge in [-0.25, -0.2) is 0 Å². The van der Waals surface area contributed by atoms with Crippen LogP contribution < -0.4 is 15.4 Å². The van der Waals surface area contributed by atoms with Crippen LogP contribution in [0.2, 0.25) is 5.02 Å². The summed E-state index contributed by atoms with van der Waals surface area (Å²) in [6.07, 6.45) is 0. The van der Waals surface area contributed by atoms with Crippen LogP contribution >= 0.6 is 23.8 Å². The number of benzene rings is 2. The Morgan fingerprint density at radius 3 is 2.48 bits per heavy atom. The Bertz CT molecular complexity index is 762. The van der Waals surface area contributed by atoms with E-state index in [1.807, 2.05) is 26.0 Å². The smallest absolute Gasteiger partial charge is 0.257 e. The number of carbonyl (C=O) groups excluding carboxylic acids is 1. The standard InChI is InChI=1S/C17H17ClN2O2S/c1-10-4-5-12(8-11(10)2)16(21)20-17(23)19-13-6-7-15(22-3)14(18)9-13/h4-9H,1-3H3,(H2,19,20,21,23). The van der Waals surface area contributed by atoms with E-state index in [1.54, 1.807) is 31.4 Å². The molecule has 2 aromatic carbocycles. The minimum absolute atomic E-state index is 0.203. The highest BCUT2D eigenvalue weighted by Gasteiger charge is 2.09. The maximum Gasteiger partial charge on any atom is 0.257 e. The van der Waals surface area contributed by atoms with Crippen LogP contribution in [0.5, 0.6) is 5.75 Å². The fourth-order valence-electron chi connectivity index (χ4n) is 1.96. The molecule has 0 unspecified atom stereocenters. The lowest BCUT2D eigenvalue weighted by molar-refractivity contribution is 0.0977. The summed E-state index contributed by atoms with van der Waals surface area (Å²) in [5.41, 5.74) is 3.42. The lowest BCUT2D eigenvalue weighted by Gasteiger charge is -2.11. The molecule has 0 radical (unpaired) electrons. The molecule has 2 aromatic rings. The number of hydrogen-bond donors (Lipinski definition) is 2. The third-order valence-corrected chi connectivity index (χ3v) is 3.91. The topological polar surface area (TPSA) is 50.4 Å². The van der Waals surface area contributed by atoms with E-state index in [0.29, 0.717) is 22.0 Å². The van der Waals surface area contributed by atoms with Gasteiger partial charge < -0.3 is 10.1 Å². The molecule has 0 atom stereocenters. The zero-order valence-corrected chi connectivity index (χ0v) is 14.6. The Kier molecular flexibility index (Phi) is 5.58. The molecule has 0 aromatic heterocycles. The molecule has 4 nitrogen and oxygen atoms in total. The van der Waals surface area contributed by atoms with Gasteiger partial charge in [-0.1, -0.05) is 17.7 Å². The van der Waals surface area contributed by atoms with Gasteiger partial charge in [0.15, 0.2) is 5.11 Å². The fraction of sp³-hybridized carbons (Fsp3) is 0.176. The van der Waals surface area contributed by atoms with Crippen LogP contribution in [0.1, 0.15) is 21.5 Å². The number of thiocarbonyl (C=S) groups is 1. The van der Waals surface area contributed by atoms with Crippen molar-refractivity contribution < 1.29 is 9.53 Å². The molecule has 0 bridgehead atoms. The largest absolute Gasteiger partial charge is 0.495 e. The van der Waals surface area contributed by atoms with Gasteiger partial charge in [0.25, 0.3) is 5.91 Å². The van der Waals surface area contributed by atoms with Crippen molar-refractivity contribution in [2.24, 2.45) is 0 Å². The normalized spacial score (nSPS) is 10.1. The Balaban J connectivity index is 2.02. The third-order valence-electron chi connectivity index (χ3n) is 3.41. The summed E-state index contributed by atoms with van der Waals surface area (Å²) in [5.74, 6) is 0.313. The lowest BCUT2D eigenvalue weighted by Crippen LogP contribution is -2.34. The molecule has 120 valence electrons. The monoisotopic (exact) mass is 348 g/mol. The lowest BCUT2D eigenvalue weighted by atomic mass is 10.1. The number of amides is 1. The molecule has 23 heavy (non-hydrogen) atoms.